The predicted octanol–water partition coefficient (Wildman–Crippen LogP) is 7.20. The molecule has 0 aliphatic carbocycles. The van der Waals surface area contributed by atoms with Gasteiger partial charge in [-0.3, -0.25) is 9.78 Å². The summed E-state index contributed by atoms with van der Waals surface area (Å²) >= 11 is 0. The molecule has 0 unspecified atom stereocenters. The molecule has 1 atom stereocenters. The summed E-state index contributed by atoms with van der Waals surface area (Å²) in [4.78, 5) is 24.0. The third kappa shape index (κ3) is 6.26. The fraction of sp³-hybridized carbons (Fsp3) is 0.258. The molecule has 0 bridgehead atoms. The van der Waals surface area contributed by atoms with E-state index in [0.29, 0.717) is 0 Å². The van der Waals surface area contributed by atoms with Gasteiger partial charge < -0.3 is 4.90 Å². The van der Waals surface area contributed by atoms with E-state index in [1.54, 1.807) is 24.5 Å². The van der Waals surface area contributed by atoms with Crippen molar-refractivity contribution in [1.82, 2.24) is 9.97 Å². The lowest BCUT2D eigenvalue weighted by Gasteiger charge is -2.27. The first-order valence-electron chi connectivity index (χ1n) is 12.5. The maximum atomic E-state index is 13.8. The van der Waals surface area contributed by atoms with E-state index in [4.69, 9.17) is 0 Å². The first kappa shape index (κ1) is 26.1. The van der Waals surface area contributed by atoms with Crippen LogP contribution in [0.2, 0.25) is 0 Å². The van der Waals surface area contributed by atoms with Crippen molar-refractivity contribution in [3.8, 4) is 11.3 Å². The van der Waals surface area contributed by atoms with Gasteiger partial charge in [0.1, 0.15) is 11.5 Å². The van der Waals surface area contributed by atoms with Crippen LogP contribution >= 0.6 is 0 Å². The van der Waals surface area contributed by atoms with Crippen LogP contribution < -0.4 is 4.90 Å². The molecule has 190 valence electrons. The molecule has 4 aromatic rings. The van der Waals surface area contributed by atoms with Crippen LogP contribution in [-0.4, -0.2) is 22.8 Å². The number of anilines is 1. The number of ketones is 1. The monoisotopic (exact) mass is 499 g/mol. The van der Waals surface area contributed by atoms with Crippen molar-refractivity contribution in [3.05, 3.63) is 114 Å². The van der Waals surface area contributed by atoms with Gasteiger partial charge in [-0.15, -0.1) is 0 Å². The molecule has 0 radical (unpaired) electrons. The van der Waals surface area contributed by atoms with Crippen molar-refractivity contribution >= 4 is 11.6 Å². The fourth-order valence-corrected chi connectivity index (χ4v) is 4.30. The van der Waals surface area contributed by atoms with Gasteiger partial charge in [-0.2, -0.15) is 0 Å². The Balaban J connectivity index is 1.44. The number of carbonyl (C=O) groups is 1. The maximum absolute atomic E-state index is 13.8. The zero-order valence-electron chi connectivity index (χ0n) is 21.4. The largest absolute Gasteiger partial charge is 0.351 e. The van der Waals surface area contributed by atoms with Crippen molar-refractivity contribution in [2.45, 2.75) is 45.1 Å². The van der Waals surface area contributed by atoms with Crippen molar-refractivity contribution in [3.63, 3.8) is 0 Å². The van der Waals surface area contributed by atoms with E-state index >= 15 is 0 Å². The lowest BCUT2D eigenvalue weighted by Crippen LogP contribution is -2.23. The molecular weight excluding hydrogens is 468 g/mol. The normalized spacial score (nSPS) is 12.2. The van der Waals surface area contributed by atoms with Gasteiger partial charge in [0.25, 0.3) is 5.92 Å². The van der Waals surface area contributed by atoms with Crippen molar-refractivity contribution in [2.75, 3.05) is 11.9 Å². The number of nitrogens with zero attached hydrogens (tertiary/aromatic N) is 3. The molecule has 0 saturated carbocycles. The minimum Gasteiger partial charge on any atom is -0.351 e. The average Bonchev–Trinajstić information content (AvgIpc) is 2.93. The van der Waals surface area contributed by atoms with Gasteiger partial charge in [-0.05, 0) is 23.6 Å². The second-order valence-corrected chi connectivity index (χ2v) is 9.27. The molecule has 3 aromatic carbocycles. The van der Waals surface area contributed by atoms with Crippen LogP contribution in [0, 0.1) is 0 Å². The number of aromatic nitrogens is 2. The molecule has 0 N–H and O–H groups in total. The number of hydrogen-bond acceptors (Lipinski definition) is 4. The number of alkyl halides is 2. The highest BCUT2D eigenvalue weighted by Crippen LogP contribution is 2.32. The second kappa shape index (κ2) is 11.4. The van der Waals surface area contributed by atoms with Crippen LogP contribution in [0.5, 0.6) is 0 Å². The summed E-state index contributed by atoms with van der Waals surface area (Å²) in [5, 5.41) is 0. The van der Waals surface area contributed by atoms with E-state index in [1.807, 2.05) is 49.5 Å². The second-order valence-electron chi connectivity index (χ2n) is 9.27. The summed E-state index contributed by atoms with van der Waals surface area (Å²) in [6.45, 7) is 3.59. The third-order valence-electron chi connectivity index (χ3n) is 6.73. The Morgan fingerprint density at radius 1 is 0.865 bits per heavy atom. The summed E-state index contributed by atoms with van der Waals surface area (Å²) in [6.07, 6.45) is 3.59. The van der Waals surface area contributed by atoms with Crippen LogP contribution in [0.25, 0.3) is 11.3 Å². The Morgan fingerprint density at radius 3 is 2.03 bits per heavy atom. The molecule has 0 saturated heterocycles. The fourth-order valence-electron chi connectivity index (χ4n) is 4.30. The van der Waals surface area contributed by atoms with E-state index in [2.05, 4.69) is 33.9 Å². The summed E-state index contributed by atoms with van der Waals surface area (Å²) in [6, 6.07) is 24.2. The number of rotatable bonds is 10. The standard InChI is InChI=1S/C31H31F2N3O/c1-4-31(32,33)27-16-12-24(13-17-27)21-28(37)20-23-10-14-26(15-11-23)29-30(35-19-18-34-29)36(3)22(2)25-8-6-5-7-9-25/h5-19,22H,4,20-21H2,1-3H3/t22-/m1/s1. The van der Waals surface area contributed by atoms with Gasteiger partial charge in [0, 0.05) is 49.8 Å². The minimum absolute atomic E-state index is 0.0195. The van der Waals surface area contributed by atoms with Crippen molar-refractivity contribution in [2.24, 2.45) is 0 Å². The summed E-state index contributed by atoms with van der Waals surface area (Å²) < 4.78 is 27.7. The van der Waals surface area contributed by atoms with E-state index in [-0.39, 0.29) is 36.7 Å². The zero-order chi connectivity index (χ0) is 26.4. The molecular formula is C31H31F2N3O. The number of carbonyl (C=O) groups excluding carboxylic acids is 1. The molecule has 1 aromatic heterocycles. The van der Waals surface area contributed by atoms with Crippen LogP contribution in [-0.2, 0) is 23.6 Å². The SMILES string of the molecule is CCC(F)(F)c1ccc(CC(=O)Cc2ccc(-c3nccnc3N(C)[C@H](C)c3ccccc3)cc2)cc1. The van der Waals surface area contributed by atoms with Crippen molar-refractivity contribution in [1.29, 1.82) is 0 Å². The van der Waals surface area contributed by atoms with E-state index in [9.17, 15) is 13.6 Å². The first-order valence-corrected chi connectivity index (χ1v) is 12.5. The van der Waals surface area contributed by atoms with Gasteiger partial charge in [-0.1, -0.05) is 85.8 Å². The van der Waals surface area contributed by atoms with Gasteiger partial charge >= 0.3 is 0 Å². The molecule has 4 rings (SSSR count). The Morgan fingerprint density at radius 2 is 1.43 bits per heavy atom. The molecule has 0 fully saturated rings. The topological polar surface area (TPSA) is 46.1 Å². The van der Waals surface area contributed by atoms with Crippen molar-refractivity contribution < 1.29 is 13.6 Å². The van der Waals surface area contributed by atoms with E-state index in [0.717, 1.165) is 28.2 Å². The molecule has 37 heavy (non-hydrogen) atoms. The Bertz CT molecular complexity index is 1320. The molecule has 0 aliphatic heterocycles. The quantitative estimate of drug-likeness (QED) is 0.232. The van der Waals surface area contributed by atoms with Crippen LogP contribution in [0.4, 0.5) is 14.6 Å². The van der Waals surface area contributed by atoms with Crippen LogP contribution in [0.1, 0.15) is 48.6 Å². The Kier molecular flexibility index (Phi) is 8.07. The number of hydrogen-bond donors (Lipinski definition) is 0. The maximum Gasteiger partial charge on any atom is 0.273 e. The predicted molar refractivity (Wildman–Crippen MR) is 144 cm³/mol. The smallest absolute Gasteiger partial charge is 0.273 e. The van der Waals surface area contributed by atoms with Gasteiger partial charge in [-0.25, -0.2) is 13.8 Å². The Labute approximate surface area is 217 Å². The lowest BCUT2D eigenvalue weighted by molar-refractivity contribution is -0.117. The molecule has 0 amide bonds. The number of benzene rings is 3. The zero-order valence-corrected chi connectivity index (χ0v) is 21.4. The molecule has 1 heterocycles. The summed E-state index contributed by atoms with van der Waals surface area (Å²) in [5.74, 6) is -2.04. The number of Topliss-reactive ketones (excluding diaryl/α,β-unsaturated/α-hetero) is 1. The third-order valence-corrected chi connectivity index (χ3v) is 6.73. The average molecular weight is 500 g/mol. The van der Waals surface area contributed by atoms with Gasteiger partial charge in [0.05, 0.1) is 6.04 Å². The van der Waals surface area contributed by atoms with E-state index in [1.165, 1.54) is 24.6 Å². The van der Waals surface area contributed by atoms with E-state index < -0.39 is 5.92 Å². The molecule has 0 spiro atoms. The lowest BCUT2D eigenvalue weighted by atomic mass is 9.99. The highest BCUT2D eigenvalue weighted by molar-refractivity contribution is 5.83. The van der Waals surface area contributed by atoms with Gasteiger partial charge in [0.2, 0.25) is 0 Å². The number of halogens is 2. The van der Waals surface area contributed by atoms with Crippen LogP contribution in [0.15, 0.2) is 91.3 Å². The summed E-state index contributed by atoms with van der Waals surface area (Å²) in [5.41, 5.74) is 4.48. The highest BCUT2D eigenvalue weighted by atomic mass is 19.3. The summed E-state index contributed by atoms with van der Waals surface area (Å²) in [7, 11) is 2.01. The Hall–Kier alpha value is -3.93. The molecule has 0 aliphatic rings. The first-order chi connectivity index (χ1) is 17.8. The van der Waals surface area contributed by atoms with Gasteiger partial charge in [0.15, 0.2) is 5.82 Å². The molecule has 4 nitrogen and oxygen atoms in total. The molecule has 6 heteroatoms. The van der Waals surface area contributed by atoms with Crippen LogP contribution in [0.3, 0.4) is 0 Å². The highest BCUT2D eigenvalue weighted by Gasteiger charge is 2.28. The minimum atomic E-state index is -2.85.